The Kier molecular flexibility index (Phi) is 5.22. The fraction of sp³-hybridized carbons (Fsp3) is 0.222. The van der Waals surface area contributed by atoms with Gasteiger partial charge in [-0.25, -0.2) is 14.1 Å². The molecule has 134 valence electrons. The minimum absolute atomic E-state index is 0.268. The normalized spacial score (nSPS) is 10.7. The van der Waals surface area contributed by atoms with Crippen LogP contribution in [0.3, 0.4) is 0 Å². The van der Waals surface area contributed by atoms with E-state index in [4.69, 9.17) is 0 Å². The molecule has 0 unspecified atom stereocenters. The van der Waals surface area contributed by atoms with E-state index in [1.165, 1.54) is 29.5 Å². The molecule has 0 bridgehead atoms. The number of hydrogen-bond donors (Lipinski definition) is 1. The molecule has 2 heterocycles. The zero-order valence-corrected chi connectivity index (χ0v) is 15.1. The number of aromatic nitrogens is 3. The number of halogens is 1. The van der Waals surface area contributed by atoms with Crippen LogP contribution in [0, 0.1) is 12.7 Å². The summed E-state index contributed by atoms with van der Waals surface area (Å²) in [5.74, 6) is -0.860. The van der Waals surface area contributed by atoms with Crippen LogP contribution in [0.5, 0.6) is 0 Å². The van der Waals surface area contributed by atoms with Crippen molar-refractivity contribution in [3.8, 4) is 11.3 Å². The first-order valence-electron chi connectivity index (χ1n) is 8.07. The maximum Gasteiger partial charge on any atom is 0.267 e. The van der Waals surface area contributed by atoms with Gasteiger partial charge in [0.15, 0.2) is 5.13 Å². The Balaban J connectivity index is 1.80. The molecule has 0 radical (unpaired) electrons. The van der Waals surface area contributed by atoms with Crippen molar-refractivity contribution < 1.29 is 9.18 Å². The molecule has 1 amide bonds. The van der Waals surface area contributed by atoms with Crippen LogP contribution in [0.25, 0.3) is 11.3 Å². The Hall–Kier alpha value is -2.87. The monoisotopic (exact) mass is 372 g/mol. The van der Waals surface area contributed by atoms with E-state index < -0.39 is 17.3 Å². The largest absolute Gasteiger partial charge is 0.300 e. The summed E-state index contributed by atoms with van der Waals surface area (Å²) in [6.45, 7) is 3.66. The van der Waals surface area contributed by atoms with Crippen LogP contribution in [0.4, 0.5) is 9.52 Å². The molecule has 0 saturated heterocycles. The highest BCUT2D eigenvalue weighted by molar-refractivity contribution is 7.15. The Labute approximate surface area is 153 Å². The minimum Gasteiger partial charge on any atom is -0.300 e. The second-order valence-electron chi connectivity index (χ2n) is 5.62. The van der Waals surface area contributed by atoms with Gasteiger partial charge in [-0.15, -0.1) is 11.3 Å². The van der Waals surface area contributed by atoms with Crippen LogP contribution in [0.2, 0.25) is 0 Å². The highest BCUT2D eigenvalue weighted by atomic mass is 32.1. The van der Waals surface area contributed by atoms with E-state index in [1.54, 1.807) is 18.2 Å². The van der Waals surface area contributed by atoms with Crippen LogP contribution in [0.1, 0.15) is 17.5 Å². The van der Waals surface area contributed by atoms with Gasteiger partial charge in [0.05, 0.1) is 11.4 Å². The molecular weight excluding hydrogens is 355 g/mol. The van der Waals surface area contributed by atoms with Crippen LogP contribution < -0.4 is 10.9 Å². The van der Waals surface area contributed by atoms with Crippen LogP contribution in [-0.4, -0.2) is 20.7 Å². The van der Waals surface area contributed by atoms with E-state index in [0.29, 0.717) is 5.13 Å². The molecule has 1 aromatic carbocycles. The highest BCUT2D eigenvalue weighted by Gasteiger charge is 2.13. The number of benzene rings is 1. The number of amides is 1. The molecule has 6 nitrogen and oxygen atoms in total. The van der Waals surface area contributed by atoms with Gasteiger partial charge in [-0.2, -0.15) is 5.10 Å². The Morgan fingerprint density at radius 3 is 2.73 bits per heavy atom. The molecule has 3 aromatic rings. The Morgan fingerprint density at radius 1 is 1.27 bits per heavy atom. The number of hydrogen-bond acceptors (Lipinski definition) is 5. The minimum atomic E-state index is -0.444. The molecule has 26 heavy (non-hydrogen) atoms. The van der Waals surface area contributed by atoms with Gasteiger partial charge < -0.3 is 5.32 Å². The zero-order valence-electron chi connectivity index (χ0n) is 14.3. The van der Waals surface area contributed by atoms with Crippen molar-refractivity contribution in [2.24, 2.45) is 0 Å². The van der Waals surface area contributed by atoms with Gasteiger partial charge in [-0.05, 0) is 31.5 Å². The molecular formula is C18H17FN4O2S. The molecule has 0 aliphatic heterocycles. The van der Waals surface area contributed by atoms with Gasteiger partial charge in [0, 0.05) is 16.5 Å². The number of carbonyl (C=O) groups is 1. The van der Waals surface area contributed by atoms with Crippen LogP contribution in [-0.2, 0) is 17.8 Å². The summed E-state index contributed by atoms with van der Waals surface area (Å²) < 4.78 is 14.9. The van der Waals surface area contributed by atoms with E-state index in [9.17, 15) is 14.0 Å². The van der Waals surface area contributed by atoms with Gasteiger partial charge >= 0.3 is 0 Å². The molecule has 8 heteroatoms. The summed E-state index contributed by atoms with van der Waals surface area (Å²) in [5, 5.41) is 7.28. The summed E-state index contributed by atoms with van der Waals surface area (Å²) in [4.78, 5) is 29.6. The fourth-order valence-corrected chi connectivity index (χ4v) is 3.40. The number of thiazole rings is 1. The van der Waals surface area contributed by atoms with Gasteiger partial charge in [-0.1, -0.05) is 19.1 Å². The molecule has 0 spiro atoms. The third-order valence-electron chi connectivity index (χ3n) is 3.78. The fourth-order valence-electron chi connectivity index (χ4n) is 2.48. The Morgan fingerprint density at radius 2 is 2.04 bits per heavy atom. The SMILES string of the molecule is CCc1nc(NC(=O)Cn2nc(-c3ccccc3F)ccc2=O)sc1C. The lowest BCUT2D eigenvalue weighted by Gasteiger charge is -2.07. The third kappa shape index (κ3) is 3.85. The number of carbonyl (C=O) groups excluding carboxylic acids is 1. The molecule has 2 aromatic heterocycles. The summed E-state index contributed by atoms with van der Waals surface area (Å²) in [6.07, 6.45) is 0.782. The lowest BCUT2D eigenvalue weighted by atomic mass is 10.1. The van der Waals surface area contributed by atoms with Crippen molar-refractivity contribution in [3.63, 3.8) is 0 Å². The summed E-state index contributed by atoms with van der Waals surface area (Å²) in [7, 11) is 0. The van der Waals surface area contributed by atoms with E-state index in [0.717, 1.165) is 21.7 Å². The summed E-state index contributed by atoms with van der Waals surface area (Å²) >= 11 is 1.38. The van der Waals surface area contributed by atoms with Crippen molar-refractivity contribution in [2.75, 3.05) is 5.32 Å². The molecule has 0 saturated carbocycles. The first kappa shape index (κ1) is 17.9. The van der Waals surface area contributed by atoms with E-state index in [1.807, 2.05) is 13.8 Å². The molecule has 0 atom stereocenters. The van der Waals surface area contributed by atoms with Crippen molar-refractivity contribution >= 4 is 22.4 Å². The topological polar surface area (TPSA) is 76.9 Å². The molecule has 0 aliphatic rings. The van der Waals surface area contributed by atoms with Gasteiger partial charge in [0.25, 0.3) is 5.56 Å². The quantitative estimate of drug-likeness (QED) is 0.747. The maximum absolute atomic E-state index is 13.9. The predicted molar refractivity (Wildman–Crippen MR) is 98.7 cm³/mol. The zero-order chi connectivity index (χ0) is 18.7. The lowest BCUT2D eigenvalue weighted by Crippen LogP contribution is -2.29. The number of aryl methyl sites for hydroxylation is 2. The van der Waals surface area contributed by atoms with E-state index in [2.05, 4.69) is 15.4 Å². The average molecular weight is 372 g/mol. The summed E-state index contributed by atoms with van der Waals surface area (Å²) in [6, 6.07) is 8.84. The molecule has 3 rings (SSSR count). The Bertz CT molecular complexity index is 1010. The first-order chi connectivity index (χ1) is 12.5. The van der Waals surface area contributed by atoms with E-state index >= 15 is 0 Å². The van der Waals surface area contributed by atoms with Crippen LogP contribution in [0.15, 0.2) is 41.2 Å². The standard InChI is InChI=1S/C18H17FN4O2S/c1-3-14-11(2)26-18(20-14)21-16(24)10-23-17(25)9-8-15(22-23)12-6-4-5-7-13(12)19/h4-9H,3,10H2,1-2H3,(H,20,21,24). The van der Waals surface area contributed by atoms with Crippen molar-refractivity contribution in [1.82, 2.24) is 14.8 Å². The number of rotatable bonds is 5. The number of nitrogens with zero attached hydrogens (tertiary/aromatic N) is 3. The molecule has 1 N–H and O–H groups in total. The van der Waals surface area contributed by atoms with Crippen molar-refractivity contribution in [3.05, 3.63) is 63.1 Å². The smallest absolute Gasteiger partial charge is 0.267 e. The van der Waals surface area contributed by atoms with Crippen LogP contribution >= 0.6 is 11.3 Å². The average Bonchev–Trinajstić information content (AvgIpc) is 2.96. The first-order valence-corrected chi connectivity index (χ1v) is 8.88. The lowest BCUT2D eigenvalue weighted by molar-refractivity contribution is -0.117. The second kappa shape index (κ2) is 7.57. The molecule has 0 aliphatic carbocycles. The third-order valence-corrected chi connectivity index (χ3v) is 4.71. The second-order valence-corrected chi connectivity index (χ2v) is 6.82. The molecule has 0 fully saturated rings. The van der Waals surface area contributed by atoms with Gasteiger partial charge in [0.1, 0.15) is 12.4 Å². The van der Waals surface area contributed by atoms with Crippen molar-refractivity contribution in [2.45, 2.75) is 26.8 Å². The number of nitrogens with one attached hydrogen (secondary N) is 1. The van der Waals surface area contributed by atoms with Gasteiger partial charge in [-0.3, -0.25) is 9.59 Å². The highest BCUT2D eigenvalue weighted by Crippen LogP contribution is 2.22. The van der Waals surface area contributed by atoms with Gasteiger partial charge in [0.2, 0.25) is 5.91 Å². The van der Waals surface area contributed by atoms with Crippen molar-refractivity contribution in [1.29, 1.82) is 0 Å². The predicted octanol–water partition coefficient (Wildman–Crippen LogP) is 3.02. The summed E-state index contributed by atoms with van der Waals surface area (Å²) in [5.41, 5.74) is 1.05. The number of anilines is 1. The van der Waals surface area contributed by atoms with E-state index in [-0.39, 0.29) is 17.8 Å². The maximum atomic E-state index is 13.9.